The molecule has 6 nitrogen and oxygen atoms in total. The zero-order chi connectivity index (χ0) is 21.0. The zero-order valence-electron chi connectivity index (χ0n) is 15.9. The summed E-state index contributed by atoms with van der Waals surface area (Å²) in [6, 6.07) is 14.4. The zero-order valence-corrected chi connectivity index (χ0v) is 18.3. The van der Waals surface area contributed by atoms with Gasteiger partial charge in [0.05, 0.1) is 24.1 Å². The fraction of sp³-hybridized carbons (Fsp3) is 0.200. The van der Waals surface area contributed by atoms with Crippen LogP contribution < -0.4 is 10.0 Å². The van der Waals surface area contributed by atoms with E-state index in [2.05, 4.69) is 15.0 Å². The Kier molecular flexibility index (Phi) is 6.56. The number of amides is 1. The molecule has 3 rings (SSSR count). The summed E-state index contributed by atoms with van der Waals surface area (Å²) in [6.07, 6.45) is 1.74. The average molecular weight is 450 g/mol. The molecule has 1 heterocycles. The van der Waals surface area contributed by atoms with Crippen LogP contribution in [0.2, 0.25) is 5.02 Å². The highest BCUT2D eigenvalue weighted by Gasteiger charge is 2.14. The number of sulfonamides is 1. The number of benzene rings is 2. The van der Waals surface area contributed by atoms with Gasteiger partial charge in [0, 0.05) is 16.3 Å². The summed E-state index contributed by atoms with van der Waals surface area (Å²) in [6.45, 7) is 1.89. The van der Waals surface area contributed by atoms with Crippen LogP contribution in [0, 0.1) is 6.92 Å². The molecule has 3 aromatic rings. The summed E-state index contributed by atoms with van der Waals surface area (Å²) in [7, 11) is -3.43. The van der Waals surface area contributed by atoms with E-state index in [4.69, 9.17) is 11.6 Å². The van der Waals surface area contributed by atoms with Crippen LogP contribution >= 0.6 is 22.9 Å². The lowest BCUT2D eigenvalue weighted by Crippen LogP contribution is -2.17. The number of rotatable bonds is 7. The predicted molar refractivity (Wildman–Crippen MR) is 118 cm³/mol. The average Bonchev–Trinajstić information content (AvgIpc) is 2.96. The van der Waals surface area contributed by atoms with Gasteiger partial charge < -0.3 is 5.32 Å². The van der Waals surface area contributed by atoms with Gasteiger partial charge in [0.25, 0.3) is 0 Å². The van der Waals surface area contributed by atoms with Crippen molar-refractivity contribution in [1.82, 2.24) is 4.98 Å². The lowest BCUT2D eigenvalue weighted by atomic mass is 10.1. The molecule has 29 heavy (non-hydrogen) atoms. The SMILES string of the molecule is Cc1nc(NC(=O)Cc2ccccc2NS(C)(=O)=O)sc1Cc1ccccc1Cl. The van der Waals surface area contributed by atoms with Crippen molar-refractivity contribution in [3.8, 4) is 0 Å². The molecular weight excluding hydrogens is 430 g/mol. The molecule has 1 aromatic heterocycles. The van der Waals surface area contributed by atoms with Crippen molar-refractivity contribution < 1.29 is 13.2 Å². The Morgan fingerprint density at radius 2 is 1.76 bits per heavy atom. The van der Waals surface area contributed by atoms with E-state index in [9.17, 15) is 13.2 Å². The van der Waals surface area contributed by atoms with Crippen LogP contribution in [0.15, 0.2) is 48.5 Å². The minimum absolute atomic E-state index is 0.0250. The number of nitrogens with zero attached hydrogens (tertiary/aromatic N) is 1. The van der Waals surface area contributed by atoms with Crippen LogP contribution in [0.3, 0.4) is 0 Å². The van der Waals surface area contributed by atoms with Crippen LogP contribution in [-0.2, 0) is 27.7 Å². The van der Waals surface area contributed by atoms with Gasteiger partial charge in [0.2, 0.25) is 15.9 Å². The number of para-hydroxylation sites is 1. The van der Waals surface area contributed by atoms with E-state index in [0.717, 1.165) is 22.4 Å². The van der Waals surface area contributed by atoms with E-state index in [1.54, 1.807) is 24.3 Å². The van der Waals surface area contributed by atoms with Crippen molar-refractivity contribution in [2.45, 2.75) is 19.8 Å². The number of halogens is 1. The minimum atomic E-state index is -3.43. The van der Waals surface area contributed by atoms with Crippen molar-refractivity contribution in [3.63, 3.8) is 0 Å². The molecule has 0 aliphatic rings. The molecule has 0 spiro atoms. The number of hydrogen-bond acceptors (Lipinski definition) is 5. The van der Waals surface area contributed by atoms with Gasteiger partial charge in [0.15, 0.2) is 5.13 Å². The largest absolute Gasteiger partial charge is 0.302 e. The third-order valence-electron chi connectivity index (χ3n) is 4.11. The molecule has 0 saturated heterocycles. The van der Waals surface area contributed by atoms with Crippen molar-refractivity contribution in [1.29, 1.82) is 0 Å². The van der Waals surface area contributed by atoms with Gasteiger partial charge in [-0.25, -0.2) is 13.4 Å². The number of carbonyl (C=O) groups is 1. The molecule has 0 bridgehead atoms. The van der Waals surface area contributed by atoms with Crippen LogP contribution in [0.5, 0.6) is 0 Å². The summed E-state index contributed by atoms with van der Waals surface area (Å²) < 4.78 is 25.5. The first-order chi connectivity index (χ1) is 13.7. The Bertz CT molecular complexity index is 1140. The van der Waals surface area contributed by atoms with Gasteiger partial charge in [-0.2, -0.15) is 0 Å². The first-order valence-corrected chi connectivity index (χ1v) is 11.8. The van der Waals surface area contributed by atoms with E-state index in [1.807, 2.05) is 31.2 Å². The topological polar surface area (TPSA) is 88.2 Å². The van der Waals surface area contributed by atoms with Gasteiger partial charge in [0.1, 0.15) is 0 Å². The first kappa shape index (κ1) is 21.3. The number of carbonyl (C=O) groups excluding carboxylic acids is 1. The Hall–Kier alpha value is -2.42. The minimum Gasteiger partial charge on any atom is -0.302 e. The summed E-state index contributed by atoms with van der Waals surface area (Å²) in [4.78, 5) is 17.9. The number of aryl methyl sites for hydroxylation is 1. The Labute approximate surface area is 179 Å². The predicted octanol–water partition coefficient (Wildman–Crippen LogP) is 4.25. The second-order valence-corrected chi connectivity index (χ2v) is 9.79. The monoisotopic (exact) mass is 449 g/mol. The molecule has 9 heteroatoms. The molecule has 1 amide bonds. The van der Waals surface area contributed by atoms with Crippen molar-refractivity contribution >= 4 is 49.7 Å². The standard InChI is InChI=1S/C20H20ClN3O3S2/c1-13-18(11-14-7-3-5-9-16(14)21)28-20(22-13)23-19(25)12-15-8-4-6-10-17(15)24-29(2,26)27/h3-10,24H,11-12H2,1-2H3,(H,22,23,25). The molecule has 152 valence electrons. The Balaban J connectivity index is 1.70. The van der Waals surface area contributed by atoms with E-state index in [-0.39, 0.29) is 12.3 Å². The molecule has 0 aliphatic carbocycles. The second-order valence-electron chi connectivity index (χ2n) is 6.55. The molecule has 0 saturated carbocycles. The van der Waals surface area contributed by atoms with Gasteiger partial charge in [-0.1, -0.05) is 48.0 Å². The summed E-state index contributed by atoms with van der Waals surface area (Å²) >= 11 is 7.64. The maximum atomic E-state index is 12.5. The Morgan fingerprint density at radius 1 is 1.10 bits per heavy atom. The quantitative estimate of drug-likeness (QED) is 0.564. The summed E-state index contributed by atoms with van der Waals surface area (Å²) in [5.41, 5.74) is 2.81. The summed E-state index contributed by atoms with van der Waals surface area (Å²) in [5, 5.41) is 4.00. The molecule has 0 aliphatic heterocycles. The van der Waals surface area contributed by atoms with E-state index < -0.39 is 10.0 Å². The normalized spacial score (nSPS) is 11.3. The fourth-order valence-corrected chi connectivity index (χ4v) is 4.57. The molecule has 0 atom stereocenters. The van der Waals surface area contributed by atoms with Crippen molar-refractivity contribution in [2.24, 2.45) is 0 Å². The number of nitrogens with one attached hydrogen (secondary N) is 2. The first-order valence-electron chi connectivity index (χ1n) is 8.76. The molecule has 2 N–H and O–H groups in total. The van der Waals surface area contributed by atoms with Crippen LogP contribution in [0.25, 0.3) is 0 Å². The van der Waals surface area contributed by atoms with E-state index >= 15 is 0 Å². The van der Waals surface area contributed by atoms with Crippen molar-refractivity contribution in [2.75, 3.05) is 16.3 Å². The summed E-state index contributed by atoms with van der Waals surface area (Å²) in [5.74, 6) is -0.272. The number of aromatic nitrogens is 1. The van der Waals surface area contributed by atoms with Gasteiger partial charge in [-0.15, -0.1) is 11.3 Å². The van der Waals surface area contributed by atoms with Gasteiger partial charge >= 0.3 is 0 Å². The number of thiazole rings is 1. The molecule has 0 unspecified atom stereocenters. The maximum absolute atomic E-state index is 12.5. The third-order valence-corrected chi connectivity index (χ3v) is 6.14. The van der Waals surface area contributed by atoms with Crippen molar-refractivity contribution in [3.05, 3.63) is 75.3 Å². The fourth-order valence-electron chi connectivity index (χ4n) is 2.77. The molecule has 0 radical (unpaired) electrons. The highest BCUT2D eigenvalue weighted by atomic mass is 35.5. The smallest absolute Gasteiger partial charge is 0.230 e. The third kappa shape index (κ3) is 6.03. The lowest BCUT2D eigenvalue weighted by molar-refractivity contribution is -0.115. The Morgan fingerprint density at radius 3 is 2.45 bits per heavy atom. The van der Waals surface area contributed by atoms with Crippen LogP contribution in [0.1, 0.15) is 21.7 Å². The maximum Gasteiger partial charge on any atom is 0.230 e. The lowest BCUT2D eigenvalue weighted by Gasteiger charge is -2.10. The second kappa shape index (κ2) is 8.94. The number of hydrogen-bond donors (Lipinski definition) is 2. The van der Waals surface area contributed by atoms with Crippen LogP contribution in [-0.4, -0.2) is 25.6 Å². The van der Waals surface area contributed by atoms with E-state index in [1.165, 1.54) is 11.3 Å². The molecule has 0 fully saturated rings. The highest BCUT2D eigenvalue weighted by molar-refractivity contribution is 7.92. The highest BCUT2D eigenvalue weighted by Crippen LogP contribution is 2.28. The van der Waals surface area contributed by atoms with Gasteiger partial charge in [-0.05, 0) is 30.2 Å². The number of anilines is 2. The van der Waals surface area contributed by atoms with E-state index in [0.29, 0.717) is 27.8 Å². The molecule has 2 aromatic carbocycles. The molecular formula is C20H20ClN3O3S2. The van der Waals surface area contributed by atoms with Gasteiger partial charge in [-0.3, -0.25) is 9.52 Å². The van der Waals surface area contributed by atoms with Crippen LogP contribution in [0.4, 0.5) is 10.8 Å².